The van der Waals surface area contributed by atoms with E-state index in [1.807, 2.05) is 6.92 Å². The average Bonchev–Trinajstić information content (AvgIpc) is 2.40. The van der Waals surface area contributed by atoms with E-state index in [4.69, 9.17) is 0 Å². The van der Waals surface area contributed by atoms with Gasteiger partial charge in [-0.1, -0.05) is 0 Å². The summed E-state index contributed by atoms with van der Waals surface area (Å²) in [6.45, 7) is 4.03. The van der Waals surface area contributed by atoms with E-state index in [1.165, 1.54) is 10.6 Å². The Morgan fingerprint density at radius 1 is 1.35 bits per heavy atom. The van der Waals surface area contributed by atoms with E-state index >= 15 is 0 Å². The molecular weight excluding hydrogens is 285 g/mol. The molecule has 1 N–H and O–H groups in total. The van der Waals surface area contributed by atoms with Gasteiger partial charge in [-0.2, -0.15) is 9.29 Å². The average molecular weight is 303 g/mol. The predicted octanol–water partition coefficient (Wildman–Crippen LogP) is 0.129. The van der Waals surface area contributed by atoms with Crippen LogP contribution in [0.2, 0.25) is 0 Å². The lowest BCUT2D eigenvalue weighted by Crippen LogP contribution is -2.48. The fraction of sp³-hybridized carbons (Fsp3) is 0.636. The van der Waals surface area contributed by atoms with E-state index in [1.54, 1.807) is 4.90 Å². The van der Waals surface area contributed by atoms with Crippen molar-refractivity contribution >= 4 is 21.8 Å². The molecule has 0 amide bonds. The van der Waals surface area contributed by atoms with Crippen molar-refractivity contribution in [2.45, 2.75) is 6.92 Å². The van der Waals surface area contributed by atoms with Crippen molar-refractivity contribution in [3.8, 4) is 0 Å². The molecule has 1 aromatic rings. The lowest BCUT2D eigenvalue weighted by atomic mass is 10.3. The minimum atomic E-state index is -3.19. The predicted molar refractivity (Wildman–Crippen MR) is 74.8 cm³/mol. The molecule has 0 saturated carbocycles. The monoisotopic (exact) mass is 303 g/mol. The van der Waals surface area contributed by atoms with Gasteiger partial charge >= 0.3 is 0 Å². The van der Waals surface area contributed by atoms with Gasteiger partial charge in [0.25, 0.3) is 0 Å². The van der Waals surface area contributed by atoms with Gasteiger partial charge in [0.1, 0.15) is 0 Å². The first-order chi connectivity index (χ1) is 9.41. The van der Waals surface area contributed by atoms with Crippen LogP contribution in [0.4, 0.5) is 16.2 Å². The Labute approximate surface area is 117 Å². The standard InChI is InChI=1S/C11H18FN5O2S/c1-3-13-11-14-8-9(12)10(15-11)16-4-6-17(7-5-16)20(2,18)19/h8H,3-7H2,1-2H3,(H,13,14,15). The zero-order valence-electron chi connectivity index (χ0n) is 11.5. The molecule has 7 nitrogen and oxygen atoms in total. The number of hydrogen-bond acceptors (Lipinski definition) is 6. The third kappa shape index (κ3) is 3.34. The second-order valence-electron chi connectivity index (χ2n) is 4.54. The molecule has 2 heterocycles. The highest BCUT2D eigenvalue weighted by molar-refractivity contribution is 7.88. The number of rotatable bonds is 4. The molecule has 0 atom stereocenters. The molecular formula is C11H18FN5O2S. The smallest absolute Gasteiger partial charge is 0.224 e. The summed E-state index contributed by atoms with van der Waals surface area (Å²) in [7, 11) is -3.19. The number of nitrogens with zero attached hydrogens (tertiary/aromatic N) is 4. The minimum absolute atomic E-state index is 0.212. The molecule has 0 aliphatic carbocycles. The van der Waals surface area contributed by atoms with Gasteiger partial charge < -0.3 is 10.2 Å². The Balaban J connectivity index is 2.12. The molecule has 1 aliphatic heterocycles. The minimum Gasteiger partial charge on any atom is -0.354 e. The van der Waals surface area contributed by atoms with Crippen molar-refractivity contribution in [2.24, 2.45) is 0 Å². The Kier molecular flexibility index (Phi) is 4.39. The van der Waals surface area contributed by atoms with Gasteiger partial charge in [-0.15, -0.1) is 0 Å². The normalized spacial score (nSPS) is 17.2. The van der Waals surface area contributed by atoms with Gasteiger partial charge in [-0.05, 0) is 6.92 Å². The maximum atomic E-state index is 13.8. The Bertz CT molecular complexity index is 572. The zero-order chi connectivity index (χ0) is 14.8. The Morgan fingerprint density at radius 2 is 2.00 bits per heavy atom. The van der Waals surface area contributed by atoms with Gasteiger partial charge in [0.05, 0.1) is 12.5 Å². The van der Waals surface area contributed by atoms with Crippen LogP contribution in [-0.4, -0.2) is 61.7 Å². The van der Waals surface area contributed by atoms with Crippen molar-refractivity contribution in [2.75, 3.05) is 49.2 Å². The van der Waals surface area contributed by atoms with E-state index in [-0.39, 0.29) is 5.82 Å². The number of nitrogens with one attached hydrogen (secondary N) is 1. The number of piperazine rings is 1. The fourth-order valence-electron chi connectivity index (χ4n) is 2.05. The highest BCUT2D eigenvalue weighted by Gasteiger charge is 2.25. The van der Waals surface area contributed by atoms with E-state index in [0.29, 0.717) is 38.7 Å². The molecule has 0 unspecified atom stereocenters. The van der Waals surface area contributed by atoms with Crippen LogP contribution in [-0.2, 0) is 10.0 Å². The first-order valence-electron chi connectivity index (χ1n) is 6.38. The fourth-order valence-corrected chi connectivity index (χ4v) is 2.88. The molecule has 1 aromatic heterocycles. The van der Waals surface area contributed by atoms with Crippen LogP contribution in [0.1, 0.15) is 6.92 Å². The molecule has 20 heavy (non-hydrogen) atoms. The summed E-state index contributed by atoms with van der Waals surface area (Å²) < 4.78 is 38.0. The topological polar surface area (TPSA) is 78.4 Å². The molecule has 9 heteroatoms. The summed E-state index contributed by atoms with van der Waals surface area (Å²) in [4.78, 5) is 9.72. The summed E-state index contributed by atoms with van der Waals surface area (Å²) >= 11 is 0. The number of aromatic nitrogens is 2. The van der Waals surface area contributed by atoms with Crippen molar-refractivity contribution in [1.29, 1.82) is 0 Å². The highest BCUT2D eigenvalue weighted by atomic mass is 32.2. The van der Waals surface area contributed by atoms with Gasteiger partial charge in [-0.3, -0.25) is 0 Å². The number of sulfonamides is 1. The summed E-state index contributed by atoms with van der Waals surface area (Å²) in [6, 6.07) is 0. The van der Waals surface area contributed by atoms with Gasteiger partial charge in [-0.25, -0.2) is 17.8 Å². The van der Waals surface area contributed by atoms with Crippen molar-refractivity contribution in [3.63, 3.8) is 0 Å². The largest absolute Gasteiger partial charge is 0.354 e. The number of hydrogen-bond donors (Lipinski definition) is 1. The van der Waals surface area contributed by atoms with E-state index in [9.17, 15) is 12.8 Å². The van der Waals surface area contributed by atoms with Crippen molar-refractivity contribution in [1.82, 2.24) is 14.3 Å². The van der Waals surface area contributed by atoms with E-state index in [0.717, 1.165) is 6.20 Å². The quantitative estimate of drug-likeness (QED) is 0.852. The molecule has 2 rings (SSSR count). The second kappa shape index (κ2) is 5.88. The third-order valence-electron chi connectivity index (χ3n) is 3.07. The first kappa shape index (κ1) is 14.9. The van der Waals surface area contributed by atoms with Crippen LogP contribution in [0.25, 0.3) is 0 Å². The molecule has 112 valence electrons. The summed E-state index contributed by atoms with van der Waals surface area (Å²) in [6.07, 6.45) is 2.31. The molecule has 0 radical (unpaired) electrons. The van der Waals surface area contributed by atoms with Crippen LogP contribution < -0.4 is 10.2 Å². The van der Waals surface area contributed by atoms with Crippen LogP contribution in [0.15, 0.2) is 6.20 Å². The summed E-state index contributed by atoms with van der Waals surface area (Å²) in [5, 5.41) is 2.93. The highest BCUT2D eigenvalue weighted by Crippen LogP contribution is 2.19. The Morgan fingerprint density at radius 3 is 2.55 bits per heavy atom. The molecule has 0 spiro atoms. The van der Waals surface area contributed by atoms with E-state index < -0.39 is 15.8 Å². The number of halogens is 1. The lowest BCUT2D eigenvalue weighted by Gasteiger charge is -2.34. The molecule has 0 bridgehead atoms. The molecule has 1 saturated heterocycles. The maximum absolute atomic E-state index is 13.8. The van der Waals surface area contributed by atoms with Crippen LogP contribution in [0, 0.1) is 5.82 Å². The SMILES string of the molecule is CCNc1ncc(F)c(N2CCN(S(C)(=O)=O)CC2)n1. The zero-order valence-corrected chi connectivity index (χ0v) is 12.3. The first-order valence-corrected chi connectivity index (χ1v) is 8.23. The van der Waals surface area contributed by atoms with E-state index in [2.05, 4.69) is 15.3 Å². The maximum Gasteiger partial charge on any atom is 0.224 e. The number of anilines is 2. The van der Waals surface area contributed by atoms with Crippen LogP contribution >= 0.6 is 0 Å². The molecule has 1 aliphatic rings. The lowest BCUT2D eigenvalue weighted by molar-refractivity contribution is 0.384. The summed E-state index contributed by atoms with van der Waals surface area (Å²) in [5.74, 6) is 0.0815. The molecule has 1 fully saturated rings. The third-order valence-corrected chi connectivity index (χ3v) is 4.37. The Hall–Kier alpha value is -1.48. The molecule has 0 aromatic carbocycles. The van der Waals surface area contributed by atoms with Gasteiger partial charge in [0, 0.05) is 32.7 Å². The second-order valence-corrected chi connectivity index (χ2v) is 6.53. The van der Waals surface area contributed by atoms with Crippen molar-refractivity contribution < 1.29 is 12.8 Å². The van der Waals surface area contributed by atoms with Crippen LogP contribution in [0.5, 0.6) is 0 Å². The van der Waals surface area contributed by atoms with Gasteiger partial charge in [0.2, 0.25) is 16.0 Å². The van der Waals surface area contributed by atoms with Crippen molar-refractivity contribution in [3.05, 3.63) is 12.0 Å². The summed E-state index contributed by atoms with van der Waals surface area (Å²) in [5.41, 5.74) is 0. The van der Waals surface area contributed by atoms with Gasteiger partial charge in [0.15, 0.2) is 11.6 Å². The van der Waals surface area contributed by atoms with Crippen LogP contribution in [0.3, 0.4) is 0 Å².